The highest BCUT2D eigenvalue weighted by Gasteiger charge is 2.62. The number of carbonyl (C=O) groups is 1. The Morgan fingerprint density at radius 2 is 1.94 bits per heavy atom. The van der Waals surface area contributed by atoms with Crippen molar-refractivity contribution in [1.29, 1.82) is 0 Å². The lowest BCUT2D eigenvalue weighted by molar-refractivity contribution is -0.189. The number of morpholine rings is 1. The Bertz CT molecular complexity index is 931. The molecule has 2 heterocycles. The predicted octanol–water partition coefficient (Wildman–Crippen LogP) is 4.81. The van der Waals surface area contributed by atoms with Gasteiger partial charge in [0.15, 0.2) is 0 Å². The standard InChI is InChI=1S/C22H28F3N3O3/c1-30-20-26-17-7-6-16(27-11-13-31-14-12-27)15-18(17)28(20)19(29)5-3-2-4-8-21(9-10-21)22(23,24)25/h6-7,15H,2-5,8-14H2,1H3. The number of nitrogens with zero attached hydrogens (tertiary/aromatic N) is 3. The van der Waals surface area contributed by atoms with Crippen LogP contribution in [-0.2, 0) is 4.74 Å². The topological polar surface area (TPSA) is 56.6 Å². The second-order valence-corrected chi connectivity index (χ2v) is 8.44. The number of methoxy groups -OCH3 is 1. The summed E-state index contributed by atoms with van der Waals surface area (Å²) in [7, 11) is 1.47. The maximum atomic E-state index is 13.0. The van der Waals surface area contributed by atoms with E-state index in [1.807, 2.05) is 18.2 Å². The molecule has 0 bridgehead atoms. The lowest BCUT2D eigenvalue weighted by Crippen LogP contribution is -2.36. The van der Waals surface area contributed by atoms with Crippen LogP contribution in [0.25, 0.3) is 11.0 Å². The molecule has 0 N–H and O–H groups in total. The van der Waals surface area contributed by atoms with E-state index in [1.165, 1.54) is 11.7 Å². The number of hydrogen-bond donors (Lipinski definition) is 0. The van der Waals surface area contributed by atoms with E-state index in [4.69, 9.17) is 9.47 Å². The van der Waals surface area contributed by atoms with E-state index < -0.39 is 11.6 Å². The van der Waals surface area contributed by atoms with Gasteiger partial charge >= 0.3 is 12.2 Å². The van der Waals surface area contributed by atoms with E-state index in [9.17, 15) is 18.0 Å². The van der Waals surface area contributed by atoms with Gasteiger partial charge < -0.3 is 14.4 Å². The summed E-state index contributed by atoms with van der Waals surface area (Å²) in [5, 5.41) is 0. The maximum absolute atomic E-state index is 13.0. The van der Waals surface area contributed by atoms with Gasteiger partial charge in [0.05, 0.1) is 36.8 Å². The molecule has 2 aliphatic rings. The molecule has 6 nitrogen and oxygen atoms in total. The third-order valence-electron chi connectivity index (χ3n) is 6.42. The number of benzene rings is 1. The van der Waals surface area contributed by atoms with Gasteiger partial charge in [-0.1, -0.05) is 12.8 Å². The van der Waals surface area contributed by atoms with Gasteiger partial charge in [-0.25, -0.2) is 4.57 Å². The highest BCUT2D eigenvalue weighted by Crippen LogP contribution is 2.60. The first-order chi connectivity index (χ1) is 14.8. The van der Waals surface area contributed by atoms with Gasteiger partial charge in [-0.3, -0.25) is 4.79 Å². The highest BCUT2D eigenvalue weighted by atomic mass is 19.4. The molecule has 0 unspecified atom stereocenters. The smallest absolute Gasteiger partial charge is 0.394 e. The van der Waals surface area contributed by atoms with Crippen LogP contribution < -0.4 is 9.64 Å². The zero-order chi connectivity index (χ0) is 22.1. The number of alkyl halides is 3. The van der Waals surface area contributed by atoms with Gasteiger partial charge in [0.1, 0.15) is 0 Å². The molecule has 31 heavy (non-hydrogen) atoms. The number of imidazole rings is 1. The predicted molar refractivity (Wildman–Crippen MR) is 111 cm³/mol. The SMILES string of the molecule is COc1nc2ccc(N3CCOCC3)cc2n1C(=O)CCCCCC1(C(F)(F)F)CC1. The summed E-state index contributed by atoms with van der Waals surface area (Å²) in [6, 6.07) is 6.02. The van der Waals surface area contributed by atoms with Gasteiger partial charge in [0.2, 0.25) is 5.91 Å². The fourth-order valence-corrected chi connectivity index (χ4v) is 4.29. The Morgan fingerprint density at radius 1 is 1.19 bits per heavy atom. The van der Waals surface area contributed by atoms with Gasteiger partial charge in [-0.15, -0.1) is 0 Å². The number of carbonyl (C=O) groups excluding carboxylic acids is 1. The molecular weight excluding hydrogens is 411 g/mol. The van der Waals surface area contributed by atoms with Crippen LogP contribution in [0.4, 0.5) is 18.9 Å². The van der Waals surface area contributed by atoms with Gasteiger partial charge in [0.25, 0.3) is 0 Å². The molecule has 1 aliphatic heterocycles. The van der Waals surface area contributed by atoms with E-state index >= 15 is 0 Å². The number of halogens is 3. The average molecular weight is 439 g/mol. The second kappa shape index (κ2) is 8.68. The Balaban J connectivity index is 1.40. The number of fused-ring (bicyclic) bond motifs is 1. The molecule has 0 amide bonds. The van der Waals surface area contributed by atoms with E-state index in [1.54, 1.807) is 0 Å². The molecule has 0 radical (unpaired) electrons. The first-order valence-corrected chi connectivity index (χ1v) is 10.8. The second-order valence-electron chi connectivity index (χ2n) is 8.44. The van der Waals surface area contributed by atoms with Crippen LogP contribution >= 0.6 is 0 Å². The van der Waals surface area contributed by atoms with Crippen molar-refractivity contribution in [1.82, 2.24) is 9.55 Å². The minimum Gasteiger partial charge on any atom is -0.468 e. The van der Waals surface area contributed by atoms with E-state index in [-0.39, 0.29) is 37.6 Å². The van der Waals surface area contributed by atoms with Crippen molar-refractivity contribution < 1.29 is 27.4 Å². The van der Waals surface area contributed by atoms with Crippen LogP contribution in [0.3, 0.4) is 0 Å². The van der Waals surface area contributed by atoms with Crippen molar-refractivity contribution in [3.8, 4) is 6.01 Å². The van der Waals surface area contributed by atoms with Crippen LogP contribution in [-0.4, -0.2) is 55.0 Å². The van der Waals surface area contributed by atoms with Crippen molar-refractivity contribution in [3.63, 3.8) is 0 Å². The Kier molecular flexibility index (Phi) is 6.14. The lowest BCUT2D eigenvalue weighted by atomic mass is 9.97. The molecule has 2 fully saturated rings. The summed E-state index contributed by atoms with van der Waals surface area (Å²) in [6.07, 6.45) is -1.62. The van der Waals surface area contributed by atoms with Crippen molar-refractivity contribution in [2.75, 3.05) is 38.3 Å². The summed E-state index contributed by atoms with van der Waals surface area (Å²) in [4.78, 5) is 19.6. The van der Waals surface area contributed by atoms with Crippen molar-refractivity contribution >= 4 is 22.6 Å². The number of aromatic nitrogens is 2. The van der Waals surface area contributed by atoms with Crippen LogP contribution in [0.5, 0.6) is 6.01 Å². The molecule has 9 heteroatoms. The Labute approximate surface area is 179 Å². The molecule has 4 rings (SSSR count). The average Bonchev–Trinajstić information content (AvgIpc) is 3.47. The number of rotatable bonds is 8. The van der Waals surface area contributed by atoms with Crippen LogP contribution in [0, 0.1) is 5.41 Å². The lowest BCUT2D eigenvalue weighted by Gasteiger charge is -2.28. The molecular formula is C22H28F3N3O3. The molecule has 0 spiro atoms. The quantitative estimate of drug-likeness (QED) is 0.553. The van der Waals surface area contributed by atoms with Gasteiger partial charge in [0, 0.05) is 25.2 Å². The first kappa shape index (κ1) is 21.9. The van der Waals surface area contributed by atoms with Crippen molar-refractivity contribution in [2.45, 2.75) is 51.1 Å². The zero-order valence-corrected chi connectivity index (χ0v) is 17.7. The summed E-state index contributed by atoms with van der Waals surface area (Å²) in [5.74, 6) is -0.157. The van der Waals surface area contributed by atoms with Crippen LogP contribution in [0.2, 0.25) is 0 Å². The molecule has 2 aromatic rings. The van der Waals surface area contributed by atoms with E-state index in [2.05, 4.69) is 9.88 Å². The Morgan fingerprint density at radius 3 is 2.58 bits per heavy atom. The number of hydrogen-bond acceptors (Lipinski definition) is 5. The molecule has 1 aliphatic carbocycles. The zero-order valence-electron chi connectivity index (χ0n) is 17.7. The van der Waals surface area contributed by atoms with Crippen molar-refractivity contribution in [3.05, 3.63) is 18.2 Å². The van der Waals surface area contributed by atoms with Gasteiger partial charge in [-0.05, 0) is 43.9 Å². The van der Waals surface area contributed by atoms with E-state index in [0.29, 0.717) is 43.5 Å². The van der Waals surface area contributed by atoms with Gasteiger partial charge in [-0.2, -0.15) is 18.2 Å². The minimum absolute atomic E-state index is 0.157. The summed E-state index contributed by atoms with van der Waals surface area (Å²) in [5.41, 5.74) is 0.883. The number of ether oxygens (including phenoxy) is 2. The fourth-order valence-electron chi connectivity index (χ4n) is 4.29. The molecule has 1 saturated heterocycles. The largest absolute Gasteiger partial charge is 0.468 e. The van der Waals surface area contributed by atoms with Crippen molar-refractivity contribution in [2.24, 2.45) is 5.41 Å². The third-order valence-corrected chi connectivity index (χ3v) is 6.42. The minimum atomic E-state index is -4.11. The third kappa shape index (κ3) is 4.51. The summed E-state index contributed by atoms with van der Waals surface area (Å²) >= 11 is 0. The normalized spacial score (nSPS) is 18.4. The Hall–Kier alpha value is -2.29. The fraction of sp³-hybridized carbons (Fsp3) is 0.636. The maximum Gasteiger partial charge on any atom is 0.394 e. The molecule has 1 saturated carbocycles. The van der Waals surface area contributed by atoms with E-state index in [0.717, 1.165) is 18.8 Å². The number of unbranched alkanes of at least 4 members (excludes halogenated alkanes) is 2. The summed E-state index contributed by atoms with van der Waals surface area (Å²) in [6.45, 7) is 2.89. The van der Waals surface area contributed by atoms with Crippen LogP contribution in [0.15, 0.2) is 18.2 Å². The number of anilines is 1. The molecule has 0 atom stereocenters. The monoisotopic (exact) mass is 439 g/mol. The molecule has 1 aromatic carbocycles. The van der Waals surface area contributed by atoms with Crippen LogP contribution in [0.1, 0.15) is 49.7 Å². The molecule has 1 aromatic heterocycles. The summed E-state index contributed by atoms with van der Waals surface area (Å²) < 4.78 is 51.3. The first-order valence-electron chi connectivity index (χ1n) is 10.8. The highest BCUT2D eigenvalue weighted by molar-refractivity contribution is 5.93. The molecule has 170 valence electrons.